The van der Waals surface area contributed by atoms with Gasteiger partial charge in [0.05, 0.1) is 30.6 Å². The van der Waals surface area contributed by atoms with E-state index in [2.05, 4.69) is 41.2 Å². The second-order valence-electron chi connectivity index (χ2n) is 11.7. The lowest BCUT2D eigenvalue weighted by atomic mass is 10.0. The van der Waals surface area contributed by atoms with Crippen molar-refractivity contribution in [1.82, 2.24) is 35.9 Å². The molecular formula is C31H41N9O10. The van der Waals surface area contributed by atoms with Crippen LogP contribution in [0.1, 0.15) is 61.0 Å². The van der Waals surface area contributed by atoms with Crippen LogP contribution in [0, 0.1) is 0 Å². The third-order valence-corrected chi connectivity index (χ3v) is 7.82. The van der Waals surface area contributed by atoms with Gasteiger partial charge in [-0.2, -0.15) is 4.98 Å². The number of nitrogens with zero attached hydrogens (tertiary/aromatic N) is 3. The van der Waals surface area contributed by atoms with Crippen molar-refractivity contribution in [2.75, 3.05) is 24.1 Å². The van der Waals surface area contributed by atoms with Crippen LogP contribution >= 0.6 is 0 Å². The number of unbranched alkanes of at least 4 members (excludes halogenated alkanes) is 2. The Hall–Kier alpha value is -5.24. The Labute approximate surface area is 285 Å². The summed E-state index contributed by atoms with van der Waals surface area (Å²) in [6.07, 6.45) is -1.36. The summed E-state index contributed by atoms with van der Waals surface area (Å²) in [5, 5.41) is 49.2. The van der Waals surface area contributed by atoms with Gasteiger partial charge >= 0.3 is 5.97 Å². The molecule has 3 heterocycles. The highest BCUT2D eigenvalue weighted by Crippen LogP contribution is 2.18. The zero-order valence-corrected chi connectivity index (χ0v) is 27.0. The van der Waals surface area contributed by atoms with E-state index >= 15 is 0 Å². The molecule has 19 heteroatoms. The summed E-state index contributed by atoms with van der Waals surface area (Å²) in [5.74, 6) is -2.58. The Kier molecular flexibility index (Phi) is 13.5. The molecule has 3 aromatic rings. The van der Waals surface area contributed by atoms with Crippen LogP contribution in [0.4, 0.5) is 11.6 Å². The molecule has 0 aliphatic carbocycles. The highest BCUT2D eigenvalue weighted by Gasteiger charge is 2.35. The zero-order chi connectivity index (χ0) is 36.2. The van der Waals surface area contributed by atoms with E-state index in [1.54, 1.807) is 12.1 Å². The van der Waals surface area contributed by atoms with Crippen LogP contribution < -0.4 is 32.6 Å². The number of nitrogens with one attached hydrogen (secondary N) is 5. The van der Waals surface area contributed by atoms with E-state index in [1.807, 2.05) is 0 Å². The van der Waals surface area contributed by atoms with Crippen molar-refractivity contribution in [2.45, 2.75) is 82.1 Å². The van der Waals surface area contributed by atoms with Gasteiger partial charge in [-0.3, -0.25) is 24.2 Å². The summed E-state index contributed by atoms with van der Waals surface area (Å²) in [6, 6.07) is 4.95. The smallest absolute Gasteiger partial charge is 0.326 e. The Morgan fingerprint density at radius 2 is 1.74 bits per heavy atom. The molecule has 0 spiro atoms. The van der Waals surface area contributed by atoms with Gasteiger partial charge in [0.15, 0.2) is 17.5 Å². The lowest BCUT2D eigenvalue weighted by molar-refractivity contribution is -0.245. The first-order valence-corrected chi connectivity index (χ1v) is 16.0. The first-order valence-electron chi connectivity index (χ1n) is 16.0. The second-order valence-corrected chi connectivity index (χ2v) is 11.7. The molecule has 1 aliphatic heterocycles. The number of carboxylic acids is 1. The van der Waals surface area contributed by atoms with E-state index in [0.29, 0.717) is 37.2 Å². The maximum absolute atomic E-state index is 12.7. The maximum Gasteiger partial charge on any atom is 0.326 e. The number of carboxylic acid groups (broad SMARTS) is 1. The molecule has 5 atom stereocenters. The van der Waals surface area contributed by atoms with E-state index < -0.39 is 48.1 Å². The lowest BCUT2D eigenvalue weighted by Gasteiger charge is -2.34. The summed E-state index contributed by atoms with van der Waals surface area (Å²) in [5.41, 5.74) is 6.46. The lowest BCUT2D eigenvalue weighted by Crippen LogP contribution is -2.51. The number of carbonyl (C=O) groups is 4. The van der Waals surface area contributed by atoms with E-state index in [9.17, 15) is 44.4 Å². The molecule has 0 bridgehead atoms. The molecule has 2 aromatic heterocycles. The molecular weight excluding hydrogens is 658 g/mol. The number of anilines is 2. The number of aliphatic hydroxyl groups is 3. The van der Waals surface area contributed by atoms with Gasteiger partial charge in [-0.1, -0.05) is 6.42 Å². The predicted molar refractivity (Wildman–Crippen MR) is 176 cm³/mol. The van der Waals surface area contributed by atoms with Gasteiger partial charge in [0.2, 0.25) is 17.8 Å². The quantitative estimate of drug-likeness (QED) is 0.0717. The Morgan fingerprint density at radius 3 is 2.46 bits per heavy atom. The van der Waals surface area contributed by atoms with Crippen LogP contribution in [-0.2, 0) is 25.7 Å². The number of ether oxygens (including phenoxy) is 1. The molecule has 11 N–H and O–H groups in total. The fourth-order valence-corrected chi connectivity index (χ4v) is 5.05. The summed E-state index contributed by atoms with van der Waals surface area (Å²) >= 11 is 0. The molecule has 0 saturated carbocycles. The molecule has 1 fully saturated rings. The van der Waals surface area contributed by atoms with Crippen LogP contribution in [0.25, 0.3) is 11.2 Å². The third kappa shape index (κ3) is 11.2. The standard InChI is InChI=1S/C31H41N9O10/c32-31-39-26-24(28(46)40-31)37-18(14-36-26)13-34-17-7-5-16(6-8-17)27(45)38-20(29(47)48)9-10-23(43)33-11-3-1-2-4-22(42)35-15-19-12-21(41)25(44)30(49)50-19/h5-8,14,19-21,25,30,34,41,44,49H,1-4,9-13,15H2,(H,33,43)(H,35,42)(H,38,45)(H,47,48)(H3,32,36,39,40,46)/t19?,20?,21-,25?,30+/m0/s1. The fourth-order valence-electron chi connectivity index (χ4n) is 5.05. The average molecular weight is 700 g/mol. The van der Waals surface area contributed by atoms with Crippen LogP contribution in [0.2, 0.25) is 0 Å². The number of fused-ring (bicyclic) bond motifs is 1. The Morgan fingerprint density at radius 1 is 1.00 bits per heavy atom. The molecule has 50 heavy (non-hydrogen) atoms. The number of aliphatic hydroxyl groups excluding tert-OH is 3. The van der Waals surface area contributed by atoms with Gasteiger partial charge in [0.25, 0.3) is 11.5 Å². The Bertz CT molecular complexity index is 1690. The van der Waals surface area contributed by atoms with Crippen molar-refractivity contribution in [1.29, 1.82) is 0 Å². The number of nitrogens with two attached hydrogens (primary N) is 1. The number of hydrogen-bond acceptors (Lipinski definition) is 14. The molecule has 1 aliphatic rings. The van der Waals surface area contributed by atoms with E-state index in [4.69, 9.17) is 10.5 Å². The second kappa shape index (κ2) is 18.0. The van der Waals surface area contributed by atoms with Crippen LogP contribution in [0.5, 0.6) is 0 Å². The highest BCUT2D eigenvalue weighted by atomic mass is 16.6. The topological polar surface area (TPSA) is 304 Å². The van der Waals surface area contributed by atoms with Crippen LogP contribution in [0.3, 0.4) is 0 Å². The number of aromatic nitrogens is 4. The first-order chi connectivity index (χ1) is 23.9. The highest BCUT2D eigenvalue weighted by molar-refractivity contribution is 5.97. The monoisotopic (exact) mass is 699 g/mol. The normalized spacial score (nSPS) is 19.3. The van der Waals surface area contributed by atoms with Gasteiger partial charge in [0, 0.05) is 43.6 Å². The molecule has 0 radical (unpaired) electrons. The van der Waals surface area contributed by atoms with Crippen molar-refractivity contribution in [3.8, 4) is 0 Å². The molecule has 3 amide bonds. The predicted octanol–water partition coefficient (Wildman–Crippen LogP) is -1.51. The zero-order valence-electron chi connectivity index (χ0n) is 27.0. The third-order valence-electron chi connectivity index (χ3n) is 7.82. The van der Waals surface area contributed by atoms with Crippen molar-refractivity contribution < 1.29 is 44.3 Å². The minimum atomic E-state index is -1.51. The summed E-state index contributed by atoms with van der Waals surface area (Å²) in [7, 11) is 0. The number of H-pyrrole nitrogens is 1. The molecule has 4 rings (SSSR count). The number of aromatic amines is 1. The molecule has 1 saturated heterocycles. The van der Waals surface area contributed by atoms with Gasteiger partial charge in [-0.25, -0.2) is 14.8 Å². The summed E-state index contributed by atoms with van der Waals surface area (Å²) in [6.45, 7) is 0.627. The largest absolute Gasteiger partial charge is 0.480 e. The van der Waals surface area contributed by atoms with E-state index in [1.165, 1.54) is 18.3 Å². The SMILES string of the molecule is Nc1nc2ncc(CNc3ccc(C(=O)NC(CCC(=O)NCCCCCC(=O)NCC4C[C@H](O)C(O)[C@H](O)O4)C(=O)O)cc3)nc2c(=O)[nH]1. The number of benzene rings is 1. The summed E-state index contributed by atoms with van der Waals surface area (Å²) in [4.78, 5) is 75.5. The van der Waals surface area contributed by atoms with Crippen molar-refractivity contribution in [2.24, 2.45) is 0 Å². The number of hydrogen-bond donors (Lipinski definition) is 10. The number of aliphatic carboxylic acids is 1. The number of rotatable bonds is 17. The van der Waals surface area contributed by atoms with Gasteiger partial charge < -0.3 is 52.2 Å². The minimum Gasteiger partial charge on any atom is -0.480 e. The number of amides is 3. The maximum atomic E-state index is 12.7. The van der Waals surface area contributed by atoms with Crippen molar-refractivity contribution in [3.63, 3.8) is 0 Å². The fraction of sp³-hybridized carbons (Fsp3) is 0.484. The van der Waals surface area contributed by atoms with E-state index in [0.717, 1.165) is 0 Å². The first kappa shape index (κ1) is 37.6. The minimum absolute atomic E-state index is 0.0447. The van der Waals surface area contributed by atoms with Crippen molar-refractivity contribution >= 4 is 46.5 Å². The Balaban J connectivity index is 1.10. The average Bonchev–Trinajstić information content (AvgIpc) is 3.08. The van der Waals surface area contributed by atoms with Crippen LogP contribution in [-0.4, -0.2) is 108 Å². The van der Waals surface area contributed by atoms with Gasteiger partial charge in [-0.05, 0) is 43.5 Å². The van der Waals surface area contributed by atoms with Crippen LogP contribution in [0.15, 0.2) is 35.3 Å². The molecule has 19 nitrogen and oxygen atoms in total. The number of nitrogen functional groups attached to an aromatic ring is 1. The van der Waals surface area contributed by atoms with Gasteiger partial charge in [-0.15, -0.1) is 0 Å². The van der Waals surface area contributed by atoms with Gasteiger partial charge in [0.1, 0.15) is 12.1 Å². The molecule has 3 unspecified atom stereocenters. The molecule has 270 valence electrons. The van der Waals surface area contributed by atoms with Crippen molar-refractivity contribution in [3.05, 3.63) is 52.1 Å². The number of carbonyl (C=O) groups excluding carboxylic acids is 3. The molecule has 1 aromatic carbocycles. The van der Waals surface area contributed by atoms with E-state index in [-0.39, 0.29) is 73.3 Å². The summed E-state index contributed by atoms with van der Waals surface area (Å²) < 4.78 is 5.14.